The summed E-state index contributed by atoms with van der Waals surface area (Å²) in [5.41, 5.74) is -0.0178. The molecule has 3 aliphatic rings. The molecule has 0 unspecified atom stereocenters. The Bertz CT molecular complexity index is 320. The minimum atomic E-state index is -1.89. The Labute approximate surface area is 99.7 Å². The molecular weight excluding hydrogens is 192 g/mol. The van der Waals surface area contributed by atoms with E-state index < -0.39 is 6.75 Å². The molecule has 1 aromatic heterocycles. The van der Waals surface area contributed by atoms with Crippen LogP contribution in [-0.2, 0) is 14.0 Å². The molecule has 0 saturated carbocycles. The SMILES string of the molecule is CC12CO[B-](c3ncco3)(OC1)OC2.[Li+]. The summed E-state index contributed by atoms with van der Waals surface area (Å²) in [6.45, 7) is 2.09. The Kier molecular flexibility index (Phi) is 2.74. The summed E-state index contributed by atoms with van der Waals surface area (Å²) in [6.07, 6.45) is 3.05. The predicted molar refractivity (Wildman–Crippen MR) is 47.9 cm³/mol. The average Bonchev–Trinajstić information content (AvgIpc) is 2.73. The second-order valence-corrected chi connectivity index (χ2v) is 4.26. The van der Waals surface area contributed by atoms with Crippen LogP contribution in [0.2, 0.25) is 0 Å². The fourth-order valence-electron chi connectivity index (χ4n) is 1.82. The van der Waals surface area contributed by atoms with Crippen molar-refractivity contribution < 1.29 is 37.2 Å². The first-order valence-electron chi connectivity index (χ1n) is 4.68. The molecule has 2 bridgehead atoms. The quantitative estimate of drug-likeness (QED) is 0.452. The first-order valence-corrected chi connectivity index (χ1v) is 4.68. The summed E-state index contributed by atoms with van der Waals surface area (Å²) in [5.74, 6) is 0.395. The molecule has 0 amide bonds. The van der Waals surface area contributed by atoms with Gasteiger partial charge < -0.3 is 18.4 Å². The summed E-state index contributed by atoms with van der Waals surface area (Å²) in [5, 5.41) is 0. The second-order valence-electron chi connectivity index (χ2n) is 4.26. The molecule has 0 spiro atoms. The van der Waals surface area contributed by atoms with E-state index >= 15 is 0 Å². The van der Waals surface area contributed by atoms with Gasteiger partial charge in [-0.15, -0.1) is 0 Å². The van der Waals surface area contributed by atoms with Crippen molar-refractivity contribution in [1.29, 1.82) is 0 Å². The smallest absolute Gasteiger partial charge is 0.537 e. The van der Waals surface area contributed by atoms with Crippen molar-refractivity contribution in [3.8, 4) is 0 Å². The number of fused-ring (bicyclic) bond motifs is 3. The van der Waals surface area contributed by atoms with Gasteiger partial charge in [0.15, 0.2) is 0 Å². The number of oxazole rings is 1. The molecule has 0 atom stereocenters. The summed E-state index contributed by atoms with van der Waals surface area (Å²) < 4.78 is 21.9. The molecule has 5 nitrogen and oxygen atoms in total. The van der Waals surface area contributed by atoms with Crippen LogP contribution >= 0.6 is 0 Å². The minimum Gasteiger partial charge on any atom is -0.537 e. The zero-order valence-electron chi connectivity index (χ0n) is 8.93. The van der Waals surface area contributed by atoms with Crippen LogP contribution in [0.4, 0.5) is 0 Å². The number of hydrogen-bond donors (Lipinski definition) is 0. The van der Waals surface area contributed by atoms with Crippen molar-refractivity contribution in [1.82, 2.24) is 4.98 Å². The first kappa shape index (κ1) is 11.2. The molecule has 4 heterocycles. The molecule has 7 heteroatoms. The van der Waals surface area contributed by atoms with Crippen molar-refractivity contribution >= 4 is 12.5 Å². The van der Waals surface area contributed by atoms with Crippen molar-refractivity contribution in [2.24, 2.45) is 5.41 Å². The molecule has 0 aliphatic carbocycles. The number of nitrogens with zero attached hydrogens (tertiary/aromatic N) is 1. The fraction of sp³-hybridized carbons (Fsp3) is 0.625. The van der Waals surface area contributed by atoms with Gasteiger partial charge in [0.1, 0.15) is 12.1 Å². The monoisotopic (exact) mass is 203 g/mol. The van der Waals surface area contributed by atoms with Gasteiger partial charge in [-0.05, 0) is 0 Å². The van der Waals surface area contributed by atoms with E-state index in [-0.39, 0.29) is 24.3 Å². The summed E-state index contributed by atoms with van der Waals surface area (Å²) in [7, 11) is 0. The molecule has 4 rings (SSSR count). The Morgan fingerprint density at radius 3 is 2.33 bits per heavy atom. The summed E-state index contributed by atoms with van der Waals surface area (Å²) in [4.78, 5) is 4.02. The second kappa shape index (κ2) is 3.65. The predicted octanol–water partition coefficient (Wildman–Crippen LogP) is -3.09. The van der Waals surface area contributed by atoms with Gasteiger partial charge in [0.2, 0.25) is 0 Å². The fourth-order valence-corrected chi connectivity index (χ4v) is 1.82. The molecule has 1 aromatic rings. The minimum absolute atomic E-state index is 0. The Morgan fingerprint density at radius 1 is 1.27 bits per heavy atom. The van der Waals surface area contributed by atoms with E-state index in [0.29, 0.717) is 25.6 Å². The van der Waals surface area contributed by atoms with Crippen LogP contribution < -0.4 is 24.7 Å². The molecule has 76 valence electrons. The topological polar surface area (TPSA) is 53.7 Å². The Hall–Kier alpha value is -0.248. The molecular formula is C8H11BLiNO4. The van der Waals surface area contributed by atoms with Gasteiger partial charge in [-0.2, -0.15) is 0 Å². The maximum atomic E-state index is 5.57. The van der Waals surface area contributed by atoms with E-state index in [1.807, 2.05) is 0 Å². The van der Waals surface area contributed by atoms with Crippen molar-refractivity contribution in [3.05, 3.63) is 12.5 Å². The van der Waals surface area contributed by atoms with Crippen molar-refractivity contribution in [3.63, 3.8) is 0 Å². The molecule has 3 aliphatic heterocycles. The largest absolute Gasteiger partial charge is 1.00 e. The number of rotatable bonds is 1. The van der Waals surface area contributed by atoms with E-state index in [2.05, 4.69) is 11.9 Å². The summed E-state index contributed by atoms with van der Waals surface area (Å²) >= 11 is 0. The molecule has 0 aromatic carbocycles. The Balaban J connectivity index is 0.000000853. The van der Waals surface area contributed by atoms with Crippen molar-refractivity contribution in [2.75, 3.05) is 19.8 Å². The van der Waals surface area contributed by atoms with Crippen LogP contribution in [0.15, 0.2) is 16.9 Å². The van der Waals surface area contributed by atoms with Gasteiger partial charge in [-0.3, -0.25) is 4.98 Å². The maximum absolute atomic E-state index is 5.57. The van der Waals surface area contributed by atoms with Gasteiger partial charge in [0.05, 0.1) is 6.20 Å². The number of hydrogen-bond acceptors (Lipinski definition) is 5. The van der Waals surface area contributed by atoms with Crippen LogP contribution in [0.25, 0.3) is 0 Å². The third-order valence-electron chi connectivity index (χ3n) is 2.71. The third-order valence-corrected chi connectivity index (χ3v) is 2.71. The van der Waals surface area contributed by atoms with E-state index in [9.17, 15) is 0 Å². The van der Waals surface area contributed by atoms with E-state index in [1.165, 1.54) is 6.26 Å². The maximum Gasteiger partial charge on any atom is 1.00 e. The van der Waals surface area contributed by atoms with Gasteiger partial charge >= 0.3 is 25.6 Å². The summed E-state index contributed by atoms with van der Waals surface area (Å²) in [6, 6.07) is 0. The van der Waals surface area contributed by atoms with Crippen molar-refractivity contribution in [2.45, 2.75) is 6.92 Å². The van der Waals surface area contributed by atoms with Gasteiger partial charge in [-0.1, -0.05) is 6.92 Å². The third kappa shape index (κ3) is 1.67. The van der Waals surface area contributed by atoms with Gasteiger partial charge in [-0.25, -0.2) is 0 Å². The van der Waals surface area contributed by atoms with Crippen LogP contribution in [0, 0.1) is 5.41 Å². The van der Waals surface area contributed by atoms with Crippen LogP contribution in [-0.4, -0.2) is 31.6 Å². The standard InChI is InChI=1S/C8H11BNO4.Li/c1-8-4-12-9(13-5-8,14-6-8)7-10-2-3-11-7;/h2-3H,4-6H2,1H3;/q-1;+1. The Morgan fingerprint density at radius 2 is 1.87 bits per heavy atom. The van der Waals surface area contributed by atoms with Crippen LogP contribution in [0.3, 0.4) is 0 Å². The van der Waals surface area contributed by atoms with E-state index in [1.54, 1.807) is 6.20 Å². The zero-order valence-corrected chi connectivity index (χ0v) is 8.93. The number of aromatic nitrogens is 1. The normalized spacial score (nSPS) is 38.7. The zero-order chi connectivity index (χ0) is 9.65. The van der Waals surface area contributed by atoms with E-state index in [4.69, 9.17) is 18.4 Å². The molecule has 0 N–H and O–H groups in total. The molecule has 3 fully saturated rings. The molecule has 15 heavy (non-hydrogen) atoms. The van der Waals surface area contributed by atoms with Crippen LogP contribution in [0.5, 0.6) is 0 Å². The molecule has 0 radical (unpaired) electrons. The first-order chi connectivity index (χ1) is 6.73. The van der Waals surface area contributed by atoms with Crippen LogP contribution in [0.1, 0.15) is 6.92 Å². The van der Waals surface area contributed by atoms with Gasteiger partial charge in [0.25, 0.3) is 0 Å². The average molecular weight is 203 g/mol. The van der Waals surface area contributed by atoms with E-state index in [0.717, 1.165) is 0 Å². The molecule has 3 saturated heterocycles. The van der Waals surface area contributed by atoms with Gasteiger partial charge in [0, 0.05) is 25.2 Å².